The van der Waals surface area contributed by atoms with Crippen LogP contribution < -0.4 is 20.5 Å². The Morgan fingerprint density at radius 2 is 2.00 bits per heavy atom. The molecular formula is C19H23ClN6O3S. The zero-order chi connectivity index (χ0) is 21.1. The second-order valence-electron chi connectivity index (χ2n) is 7.21. The van der Waals surface area contributed by atoms with Gasteiger partial charge in [0, 0.05) is 24.2 Å². The van der Waals surface area contributed by atoms with Gasteiger partial charge in [-0.2, -0.15) is 0 Å². The molecule has 0 spiro atoms. The molecule has 2 aliphatic rings. The summed E-state index contributed by atoms with van der Waals surface area (Å²) in [6.07, 6.45) is 4.55. The van der Waals surface area contributed by atoms with Gasteiger partial charge in [-0.15, -0.1) is 10.2 Å². The molecule has 0 bridgehead atoms. The molecule has 4 rings (SSSR count). The molecule has 1 aliphatic carbocycles. The molecule has 1 saturated carbocycles. The molecule has 0 unspecified atom stereocenters. The van der Waals surface area contributed by atoms with E-state index in [0.29, 0.717) is 16.8 Å². The van der Waals surface area contributed by atoms with Crippen molar-refractivity contribution in [3.63, 3.8) is 0 Å². The molecular weight excluding hydrogens is 428 g/mol. The van der Waals surface area contributed by atoms with Gasteiger partial charge in [0.25, 0.3) is 5.91 Å². The molecule has 1 aromatic heterocycles. The Kier molecular flexibility index (Phi) is 6.33. The summed E-state index contributed by atoms with van der Waals surface area (Å²) in [4.78, 5) is 26.9. The molecule has 2 heterocycles. The molecule has 160 valence electrons. The van der Waals surface area contributed by atoms with Crippen molar-refractivity contribution in [2.45, 2.75) is 36.9 Å². The molecule has 2 fully saturated rings. The first kappa shape index (κ1) is 20.8. The van der Waals surface area contributed by atoms with E-state index in [2.05, 4.69) is 30.5 Å². The van der Waals surface area contributed by atoms with Gasteiger partial charge in [-0.05, 0) is 43.9 Å². The van der Waals surface area contributed by atoms with E-state index in [0.717, 1.165) is 37.0 Å². The van der Waals surface area contributed by atoms with Crippen molar-refractivity contribution in [1.82, 2.24) is 25.6 Å². The average molecular weight is 451 g/mol. The number of hydrogen-bond acceptors (Lipinski definition) is 7. The third-order valence-electron chi connectivity index (χ3n) is 5.00. The van der Waals surface area contributed by atoms with Gasteiger partial charge in [0.1, 0.15) is 5.75 Å². The van der Waals surface area contributed by atoms with Crippen LogP contribution in [0.25, 0.3) is 0 Å². The number of hydrogen-bond donors (Lipinski definition) is 2. The van der Waals surface area contributed by atoms with E-state index in [1.165, 1.54) is 37.8 Å². The SMILES string of the molecule is COc1ccc(Cl)cc1C(=O)NNC(=O)CSc1nnc(N2CCCC2)n1C1CC1. The molecule has 9 nitrogen and oxygen atoms in total. The third kappa shape index (κ3) is 4.65. The van der Waals surface area contributed by atoms with Crippen LogP contribution in [0.5, 0.6) is 5.75 Å². The lowest BCUT2D eigenvalue weighted by Crippen LogP contribution is -2.42. The number of methoxy groups -OCH3 is 1. The van der Waals surface area contributed by atoms with E-state index in [-0.39, 0.29) is 17.2 Å². The summed E-state index contributed by atoms with van der Waals surface area (Å²) >= 11 is 7.26. The Bertz CT molecular complexity index is 942. The number of nitrogens with one attached hydrogen (secondary N) is 2. The van der Waals surface area contributed by atoms with Gasteiger partial charge in [0.2, 0.25) is 11.9 Å². The standard InChI is InChI=1S/C19H23ClN6O3S/c1-29-15-7-4-12(20)10-14(15)17(28)22-21-16(27)11-30-19-24-23-18(25-8-2-3-9-25)26(19)13-5-6-13/h4,7,10,13H,2-3,5-6,8-9,11H2,1H3,(H,21,27)(H,22,28). The van der Waals surface area contributed by atoms with Gasteiger partial charge in [0.05, 0.1) is 18.4 Å². The highest BCUT2D eigenvalue weighted by Gasteiger charge is 2.32. The number of aromatic nitrogens is 3. The van der Waals surface area contributed by atoms with Crippen LogP contribution in [0.3, 0.4) is 0 Å². The maximum atomic E-state index is 12.4. The van der Waals surface area contributed by atoms with Crippen LogP contribution in [-0.4, -0.2) is 52.5 Å². The van der Waals surface area contributed by atoms with Crippen molar-refractivity contribution in [3.8, 4) is 5.75 Å². The number of carbonyl (C=O) groups excluding carboxylic acids is 2. The molecule has 1 aliphatic heterocycles. The van der Waals surface area contributed by atoms with E-state index in [1.807, 2.05) is 0 Å². The van der Waals surface area contributed by atoms with Gasteiger partial charge < -0.3 is 9.64 Å². The summed E-state index contributed by atoms with van der Waals surface area (Å²) in [6.45, 7) is 1.99. The zero-order valence-electron chi connectivity index (χ0n) is 16.6. The minimum atomic E-state index is -0.509. The summed E-state index contributed by atoms with van der Waals surface area (Å²) in [5.41, 5.74) is 5.06. The molecule has 2 amide bonds. The molecule has 2 aromatic rings. The minimum Gasteiger partial charge on any atom is -0.496 e. The Labute approximate surface area is 183 Å². The lowest BCUT2D eigenvalue weighted by molar-refractivity contribution is -0.119. The van der Waals surface area contributed by atoms with Gasteiger partial charge in [-0.1, -0.05) is 23.4 Å². The number of hydrazine groups is 1. The maximum Gasteiger partial charge on any atom is 0.273 e. The number of carbonyl (C=O) groups is 2. The lowest BCUT2D eigenvalue weighted by Gasteiger charge is -2.17. The van der Waals surface area contributed by atoms with Crippen LogP contribution in [0.1, 0.15) is 42.1 Å². The van der Waals surface area contributed by atoms with E-state index >= 15 is 0 Å². The summed E-state index contributed by atoms with van der Waals surface area (Å²) in [5, 5.41) is 9.81. The fourth-order valence-electron chi connectivity index (χ4n) is 3.37. The topological polar surface area (TPSA) is 101 Å². The van der Waals surface area contributed by atoms with Crippen molar-refractivity contribution >= 4 is 41.1 Å². The van der Waals surface area contributed by atoms with Gasteiger partial charge in [-0.25, -0.2) is 0 Å². The number of thioether (sulfide) groups is 1. The largest absolute Gasteiger partial charge is 0.496 e. The zero-order valence-corrected chi connectivity index (χ0v) is 18.1. The quantitative estimate of drug-likeness (QED) is 0.493. The number of amides is 2. The van der Waals surface area contributed by atoms with Crippen molar-refractivity contribution in [3.05, 3.63) is 28.8 Å². The van der Waals surface area contributed by atoms with Crippen LogP contribution in [-0.2, 0) is 4.79 Å². The van der Waals surface area contributed by atoms with Crippen molar-refractivity contribution in [2.24, 2.45) is 0 Å². The number of rotatable bonds is 7. The predicted molar refractivity (Wildman–Crippen MR) is 114 cm³/mol. The fraction of sp³-hybridized carbons (Fsp3) is 0.474. The molecule has 0 radical (unpaired) electrons. The monoisotopic (exact) mass is 450 g/mol. The highest BCUT2D eigenvalue weighted by Crippen LogP contribution is 2.41. The Morgan fingerprint density at radius 3 is 2.70 bits per heavy atom. The summed E-state index contributed by atoms with van der Waals surface area (Å²) in [5.74, 6) is 0.525. The molecule has 30 heavy (non-hydrogen) atoms. The number of ether oxygens (including phenoxy) is 1. The molecule has 11 heteroatoms. The number of nitrogens with zero attached hydrogens (tertiary/aromatic N) is 4. The second kappa shape index (κ2) is 9.13. The second-order valence-corrected chi connectivity index (χ2v) is 8.59. The predicted octanol–water partition coefficient (Wildman–Crippen LogP) is 2.43. The van der Waals surface area contributed by atoms with Gasteiger partial charge in [0.15, 0.2) is 5.16 Å². The van der Waals surface area contributed by atoms with E-state index < -0.39 is 5.91 Å². The van der Waals surface area contributed by atoms with Crippen LogP contribution in [0.15, 0.2) is 23.4 Å². The van der Waals surface area contributed by atoms with Crippen LogP contribution in [0.4, 0.5) is 5.95 Å². The highest BCUT2D eigenvalue weighted by atomic mass is 35.5. The van der Waals surface area contributed by atoms with Crippen molar-refractivity contribution < 1.29 is 14.3 Å². The molecule has 0 atom stereocenters. The third-order valence-corrected chi connectivity index (χ3v) is 6.18. The van der Waals surface area contributed by atoms with E-state index in [9.17, 15) is 9.59 Å². The highest BCUT2D eigenvalue weighted by molar-refractivity contribution is 7.99. The van der Waals surface area contributed by atoms with E-state index in [4.69, 9.17) is 16.3 Å². The van der Waals surface area contributed by atoms with Gasteiger partial charge in [-0.3, -0.25) is 25.0 Å². The smallest absolute Gasteiger partial charge is 0.273 e. The summed E-state index contributed by atoms with van der Waals surface area (Å²) in [6, 6.07) is 5.11. The molecule has 1 aromatic carbocycles. The number of benzene rings is 1. The van der Waals surface area contributed by atoms with Crippen molar-refractivity contribution in [1.29, 1.82) is 0 Å². The van der Waals surface area contributed by atoms with Crippen LogP contribution in [0, 0.1) is 0 Å². The van der Waals surface area contributed by atoms with Crippen LogP contribution >= 0.6 is 23.4 Å². The minimum absolute atomic E-state index is 0.109. The number of halogens is 1. The first-order valence-electron chi connectivity index (χ1n) is 9.82. The average Bonchev–Trinajstić information content (AvgIpc) is 3.26. The lowest BCUT2D eigenvalue weighted by atomic mass is 10.2. The number of anilines is 1. The summed E-state index contributed by atoms with van der Waals surface area (Å²) in [7, 11) is 1.46. The Balaban J connectivity index is 1.33. The maximum absolute atomic E-state index is 12.4. The first-order chi connectivity index (χ1) is 14.6. The normalized spacial score (nSPS) is 15.9. The van der Waals surface area contributed by atoms with Crippen LogP contribution in [0.2, 0.25) is 5.02 Å². The van der Waals surface area contributed by atoms with Crippen molar-refractivity contribution in [2.75, 3.05) is 30.9 Å². The van der Waals surface area contributed by atoms with Gasteiger partial charge >= 0.3 is 0 Å². The molecule has 2 N–H and O–H groups in total. The Hall–Kier alpha value is -2.46. The summed E-state index contributed by atoms with van der Waals surface area (Å²) < 4.78 is 7.31. The first-order valence-corrected chi connectivity index (χ1v) is 11.2. The fourth-order valence-corrected chi connectivity index (χ4v) is 4.34. The van der Waals surface area contributed by atoms with E-state index in [1.54, 1.807) is 12.1 Å². The Morgan fingerprint density at radius 1 is 1.23 bits per heavy atom. The molecule has 1 saturated heterocycles.